The van der Waals surface area contributed by atoms with Crippen LogP contribution >= 0.6 is 12.2 Å². The molecule has 0 atom stereocenters. The van der Waals surface area contributed by atoms with Crippen molar-refractivity contribution in [3.8, 4) is 0 Å². The van der Waals surface area contributed by atoms with Crippen LogP contribution in [0, 0.1) is 0 Å². The minimum Gasteiger partial charge on any atom is -0.332 e. The summed E-state index contributed by atoms with van der Waals surface area (Å²) in [4.78, 5) is 0. The zero-order chi connectivity index (χ0) is 24.7. The molecule has 0 aliphatic heterocycles. The van der Waals surface area contributed by atoms with Crippen molar-refractivity contribution in [1.82, 2.24) is 0 Å². The van der Waals surface area contributed by atoms with Gasteiger partial charge < -0.3 is 10.6 Å². The second kappa shape index (κ2) is 8.33. The number of anilines is 2. The van der Waals surface area contributed by atoms with Gasteiger partial charge in [-0.2, -0.15) is 52.7 Å². The first kappa shape index (κ1) is 25.5. The van der Waals surface area contributed by atoms with E-state index in [9.17, 15) is 52.7 Å². The van der Waals surface area contributed by atoms with Gasteiger partial charge in [-0.15, -0.1) is 0 Å². The fourth-order valence-corrected chi connectivity index (χ4v) is 2.64. The molecule has 0 heterocycles. The van der Waals surface area contributed by atoms with Crippen molar-refractivity contribution in [3.63, 3.8) is 0 Å². The van der Waals surface area contributed by atoms with Crippen molar-refractivity contribution in [3.05, 3.63) is 58.7 Å². The molecule has 0 spiro atoms. The van der Waals surface area contributed by atoms with Gasteiger partial charge in [0.25, 0.3) is 0 Å². The van der Waals surface area contributed by atoms with Crippen LogP contribution in [0.15, 0.2) is 36.4 Å². The molecule has 0 saturated carbocycles. The second-order valence-corrected chi connectivity index (χ2v) is 6.50. The molecule has 0 fully saturated rings. The Morgan fingerprint density at radius 1 is 0.531 bits per heavy atom. The molecular formula is C17H8F12N2S. The van der Waals surface area contributed by atoms with Gasteiger partial charge in [-0.25, -0.2) is 0 Å². The highest BCUT2D eigenvalue weighted by atomic mass is 32.1. The van der Waals surface area contributed by atoms with Gasteiger partial charge in [0.05, 0.1) is 33.6 Å². The van der Waals surface area contributed by atoms with E-state index in [1.54, 1.807) is 10.6 Å². The first-order valence-corrected chi connectivity index (χ1v) is 8.36. The lowest BCUT2D eigenvalue weighted by Crippen LogP contribution is -2.24. The number of alkyl halides is 12. The zero-order valence-electron chi connectivity index (χ0n) is 14.9. The summed E-state index contributed by atoms with van der Waals surface area (Å²) >= 11 is 4.54. The molecular weight excluding hydrogens is 492 g/mol. The van der Waals surface area contributed by atoms with Crippen LogP contribution in [0.3, 0.4) is 0 Å². The van der Waals surface area contributed by atoms with Crippen molar-refractivity contribution >= 4 is 28.7 Å². The van der Waals surface area contributed by atoms with E-state index in [1.807, 2.05) is 0 Å². The third-order valence-corrected chi connectivity index (χ3v) is 4.01. The minimum atomic E-state index is -5.19. The fraction of sp³-hybridized carbons (Fsp3) is 0.235. The normalized spacial score (nSPS) is 13.1. The predicted molar refractivity (Wildman–Crippen MR) is 92.7 cm³/mol. The van der Waals surface area contributed by atoms with E-state index in [2.05, 4.69) is 12.2 Å². The summed E-state index contributed by atoms with van der Waals surface area (Å²) in [6.45, 7) is 0. The Morgan fingerprint density at radius 2 is 0.844 bits per heavy atom. The average Bonchev–Trinajstić information content (AvgIpc) is 2.58. The molecule has 0 amide bonds. The van der Waals surface area contributed by atoms with Gasteiger partial charge in [-0.3, -0.25) is 0 Å². The smallest absolute Gasteiger partial charge is 0.332 e. The van der Waals surface area contributed by atoms with Gasteiger partial charge in [0.1, 0.15) is 0 Å². The van der Waals surface area contributed by atoms with Crippen LogP contribution in [0.2, 0.25) is 0 Å². The van der Waals surface area contributed by atoms with Crippen LogP contribution < -0.4 is 10.6 Å². The predicted octanol–water partition coefficient (Wildman–Crippen LogP) is 7.57. The number of rotatable bonds is 2. The Balaban J connectivity index is 2.47. The van der Waals surface area contributed by atoms with Gasteiger partial charge in [0, 0.05) is 0 Å². The first-order valence-electron chi connectivity index (χ1n) is 7.95. The number of hydrogen-bond donors (Lipinski definition) is 2. The summed E-state index contributed by atoms with van der Waals surface area (Å²) in [6.07, 6.45) is -20.5. The van der Waals surface area contributed by atoms with E-state index in [4.69, 9.17) is 0 Å². The Kier molecular flexibility index (Phi) is 6.65. The molecule has 0 saturated heterocycles. The Morgan fingerprint density at radius 3 is 1.09 bits per heavy atom. The highest BCUT2D eigenvalue weighted by molar-refractivity contribution is 7.80. The third kappa shape index (κ3) is 6.17. The summed E-state index contributed by atoms with van der Waals surface area (Å²) in [6, 6.07) is 0.400. The molecule has 0 unspecified atom stereocenters. The number of nitrogens with one attached hydrogen (secondary N) is 2. The largest absolute Gasteiger partial charge is 0.418 e. The fourth-order valence-electron chi connectivity index (χ4n) is 2.42. The molecule has 15 heteroatoms. The van der Waals surface area contributed by atoms with Crippen LogP contribution in [0.1, 0.15) is 22.3 Å². The van der Waals surface area contributed by atoms with E-state index >= 15 is 0 Å². The van der Waals surface area contributed by atoms with Crippen molar-refractivity contribution < 1.29 is 52.7 Å². The Bertz CT molecular complexity index is 923. The standard InChI is InChI=1S/C17H8F12N2S/c18-14(19,20)7-1-3-9(16(24,25)26)11(5-7)30-13(32)31-12-6-8(15(21,22)23)2-4-10(12)17(27,28)29/h1-6H,(H2,30,31,32). The zero-order valence-corrected chi connectivity index (χ0v) is 15.7. The average molecular weight is 500 g/mol. The van der Waals surface area contributed by atoms with Crippen LogP contribution in [-0.2, 0) is 24.7 Å². The molecule has 0 aliphatic carbocycles. The number of halogens is 12. The molecule has 2 N–H and O–H groups in total. The molecule has 32 heavy (non-hydrogen) atoms. The van der Waals surface area contributed by atoms with Crippen LogP contribution in [0.5, 0.6) is 0 Å². The molecule has 0 bridgehead atoms. The molecule has 2 nitrogen and oxygen atoms in total. The van der Waals surface area contributed by atoms with Crippen molar-refractivity contribution in [2.75, 3.05) is 10.6 Å². The minimum absolute atomic E-state index is 0.00755. The van der Waals surface area contributed by atoms with E-state index in [-0.39, 0.29) is 36.4 Å². The topological polar surface area (TPSA) is 24.1 Å². The molecule has 0 aliphatic rings. The van der Waals surface area contributed by atoms with Gasteiger partial charge in [-0.05, 0) is 48.6 Å². The van der Waals surface area contributed by atoms with Crippen molar-refractivity contribution in [1.29, 1.82) is 0 Å². The molecule has 176 valence electrons. The van der Waals surface area contributed by atoms with Gasteiger partial charge in [0.15, 0.2) is 5.11 Å². The maximum Gasteiger partial charge on any atom is 0.418 e. The maximum absolute atomic E-state index is 13.1. The van der Waals surface area contributed by atoms with Crippen molar-refractivity contribution in [2.45, 2.75) is 24.7 Å². The third-order valence-electron chi connectivity index (χ3n) is 3.80. The summed E-state index contributed by atoms with van der Waals surface area (Å²) in [5.74, 6) is 0. The molecule has 2 aromatic carbocycles. The van der Waals surface area contributed by atoms with Crippen LogP contribution in [0.4, 0.5) is 64.1 Å². The number of thiocarbonyl (C=S) groups is 1. The Labute approximate surface area is 176 Å². The lowest BCUT2D eigenvalue weighted by atomic mass is 10.1. The van der Waals surface area contributed by atoms with Crippen LogP contribution in [0.25, 0.3) is 0 Å². The summed E-state index contributed by atoms with van der Waals surface area (Å²) in [5, 5.41) is 2.22. The lowest BCUT2D eigenvalue weighted by molar-refractivity contribution is -0.140. The van der Waals surface area contributed by atoms with E-state index in [0.29, 0.717) is 0 Å². The second-order valence-electron chi connectivity index (χ2n) is 6.09. The highest BCUT2D eigenvalue weighted by Gasteiger charge is 2.39. The van der Waals surface area contributed by atoms with Crippen molar-refractivity contribution in [2.24, 2.45) is 0 Å². The first-order chi connectivity index (χ1) is 14.3. The maximum atomic E-state index is 13.1. The summed E-state index contributed by atoms with van der Waals surface area (Å²) in [5.41, 5.74) is -8.91. The van der Waals surface area contributed by atoms with Gasteiger partial charge >= 0.3 is 24.7 Å². The molecule has 2 aromatic rings. The number of benzene rings is 2. The number of hydrogen-bond acceptors (Lipinski definition) is 1. The van der Waals surface area contributed by atoms with Gasteiger partial charge in [-0.1, -0.05) is 0 Å². The summed E-state index contributed by atoms with van der Waals surface area (Å²) < 4.78 is 156. The van der Waals surface area contributed by atoms with E-state index in [1.165, 1.54) is 0 Å². The van der Waals surface area contributed by atoms with E-state index < -0.39 is 63.4 Å². The molecule has 0 aromatic heterocycles. The van der Waals surface area contributed by atoms with E-state index in [0.717, 1.165) is 0 Å². The highest BCUT2D eigenvalue weighted by Crippen LogP contribution is 2.41. The molecule has 0 radical (unpaired) electrons. The molecule has 2 rings (SSSR count). The van der Waals surface area contributed by atoms with Crippen LogP contribution in [-0.4, -0.2) is 5.11 Å². The van der Waals surface area contributed by atoms with Gasteiger partial charge in [0.2, 0.25) is 0 Å². The quantitative estimate of drug-likeness (QED) is 0.329. The SMILES string of the molecule is FC(F)(F)c1ccc(C(F)(F)F)c(NC(=S)Nc2cc(C(F)(F)F)ccc2C(F)(F)F)c1. The monoisotopic (exact) mass is 500 g/mol. The summed E-state index contributed by atoms with van der Waals surface area (Å²) in [7, 11) is 0. The lowest BCUT2D eigenvalue weighted by Gasteiger charge is -2.20. The Hall–Kier alpha value is -2.71.